The van der Waals surface area contributed by atoms with E-state index in [0.29, 0.717) is 33.7 Å². The monoisotopic (exact) mass is 521 g/mol. The van der Waals surface area contributed by atoms with Crippen molar-refractivity contribution in [1.29, 1.82) is 5.41 Å². The van der Waals surface area contributed by atoms with Crippen molar-refractivity contribution in [1.82, 2.24) is 20.8 Å². The number of H-pyrrole nitrogens is 1. The summed E-state index contributed by atoms with van der Waals surface area (Å²) < 4.78 is 13.5. The van der Waals surface area contributed by atoms with Crippen LogP contribution in [0, 0.1) is 18.2 Å². The molecule has 0 atom stereocenters. The predicted molar refractivity (Wildman–Crippen MR) is 150 cm³/mol. The zero-order chi connectivity index (χ0) is 27.6. The average Bonchev–Trinajstić information content (AvgIpc) is 3.62. The second-order valence-corrected chi connectivity index (χ2v) is 9.62. The van der Waals surface area contributed by atoms with Crippen LogP contribution in [0.4, 0.5) is 4.39 Å². The lowest BCUT2D eigenvalue weighted by atomic mass is 9.96. The summed E-state index contributed by atoms with van der Waals surface area (Å²) in [5.41, 5.74) is 4.86. The van der Waals surface area contributed by atoms with Gasteiger partial charge in [0, 0.05) is 30.0 Å². The van der Waals surface area contributed by atoms with Crippen molar-refractivity contribution in [3.05, 3.63) is 112 Å². The molecule has 3 aromatic carbocycles. The molecule has 2 amide bonds. The molecule has 5 rings (SSSR count). The maximum atomic E-state index is 13.5. The fourth-order valence-corrected chi connectivity index (χ4v) is 4.72. The molecule has 4 N–H and O–H groups in total. The van der Waals surface area contributed by atoms with Crippen LogP contribution in [-0.2, 0) is 5.54 Å². The third-order valence-electron chi connectivity index (χ3n) is 7.06. The van der Waals surface area contributed by atoms with Gasteiger partial charge in [-0.2, -0.15) is 5.10 Å². The van der Waals surface area contributed by atoms with Crippen LogP contribution in [0.2, 0.25) is 0 Å². The SMILES string of the molecule is CNC(=O)c1c(-c2ccc(F)cc2)n[nH]c1/C=C(\C=N)c1cc(C(=O)NC2(c3ccccc3)CC2)ccc1C. The molecule has 1 aliphatic rings. The third kappa shape index (κ3) is 5.13. The zero-order valence-corrected chi connectivity index (χ0v) is 21.6. The van der Waals surface area contributed by atoms with Crippen molar-refractivity contribution in [3.8, 4) is 11.3 Å². The predicted octanol–water partition coefficient (Wildman–Crippen LogP) is 5.49. The first-order valence-corrected chi connectivity index (χ1v) is 12.6. The van der Waals surface area contributed by atoms with Crippen molar-refractivity contribution >= 4 is 29.7 Å². The molecule has 0 saturated heterocycles. The van der Waals surface area contributed by atoms with E-state index in [1.165, 1.54) is 25.4 Å². The van der Waals surface area contributed by atoms with E-state index in [2.05, 4.69) is 20.8 Å². The molecule has 1 aromatic heterocycles. The van der Waals surface area contributed by atoms with Crippen molar-refractivity contribution in [2.45, 2.75) is 25.3 Å². The van der Waals surface area contributed by atoms with Gasteiger partial charge in [0.25, 0.3) is 11.8 Å². The molecule has 1 fully saturated rings. The molecule has 1 heterocycles. The number of allylic oxidation sites excluding steroid dienone is 1. The molecular weight excluding hydrogens is 493 g/mol. The minimum Gasteiger partial charge on any atom is -0.355 e. The summed E-state index contributed by atoms with van der Waals surface area (Å²) in [4.78, 5) is 26.1. The lowest BCUT2D eigenvalue weighted by Gasteiger charge is -2.18. The Bertz CT molecular complexity index is 1590. The fraction of sp³-hybridized carbons (Fsp3) is 0.161. The Morgan fingerprint density at radius 2 is 1.74 bits per heavy atom. The van der Waals surface area contributed by atoms with Gasteiger partial charge in [0.05, 0.1) is 16.8 Å². The number of nitrogens with one attached hydrogen (secondary N) is 4. The van der Waals surface area contributed by atoms with E-state index < -0.39 is 5.82 Å². The summed E-state index contributed by atoms with van der Waals surface area (Å²) in [5.74, 6) is -0.954. The molecule has 39 heavy (non-hydrogen) atoms. The Kier molecular flexibility index (Phi) is 6.94. The van der Waals surface area contributed by atoms with Crippen molar-refractivity contribution in [2.24, 2.45) is 0 Å². The average molecular weight is 522 g/mol. The highest BCUT2D eigenvalue weighted by atomic mass is 19.1. The van der Waals surface area contributed by atoms with Crippen LogP contribution in [0.3, 0.4) is 0 Å². The molecule has 1 saturated carbocycles. The van der Waals surface area contributed by atoms with E-state index in [1.807, 2.05) is 43.3 Å². The number of hydrogen-bond acceptors (Lipinski definition) is 4. The quantitative estimate of drug-likeness (QED) is 0.230. The van der Waals surface area contributed by atoms with Gasteiger partial charge in [0.1, 0.15) is 11.5 Å². The normalized spacial score (nSPS) is 14.0. The highest BCUT2D eigenvalue weighted by Gasteiger charge is 2.45. The Balaban J connectivity index is 1.50. The van der Waals surface area contributed by atoms with Gasteiger partial charge in [0.15, 0.2) is 0 Å². The molecular formula is C31H28FN5O2. The van der Waals surface area contributed by atoms with Gasteiger partial charge in [-0.3, -0.25) is 14.7 Å². The minimum atomic E-state index is -0.391. The summed E-state index contributed by atoms with van der Waals surface area (Å²) >= 11 is 0. The first-order valence-electron chi connectivity index (χ1n) is 12.6. The molecule has 0 unspecified atom stereocenters. The number of aromatic nitrogens is 2. The Morgan fingerprint density at radius 1 is 1.03 bits per heavy atom. The number of nitrogens with zero attached hydrogens (tertiary/aromatic N) is 1. The molecule has 196 valence electrons. The van der Waals surface area contributed by atoms with Crippen molar-refractivity contribution in [2.75, 3.05) is 7.05 Å². The standard InChI is InChI=1S/C31H28FN5O2/c1-19-8-9-21(29(38)35-31(14-15-31)23-6-4-3-5-7-23)16-25(19)22(18-33)17-26-27(30(39)34-2)28(37-36-26)20-10-12-24(32)13-11-20/h3-13,16-18,33H,14-15H2,1-2H3,(H,34,39)(H,35,38)(H,36,37)/b22-17+,33-18?. The summed E-state index contributed by atoms with van der Waals surface area (Å²) in [6.45, 7) is 1.90. The first-order chi connectivity index (χ1) is 18.8. The van der Waals surface area contributed by atoms with Crippen LogP contribution in [0.5, 0.6) is 0 Å². The van der Waals surface area contributed by atoms with Gasteiger partial charge < -0.3 is 16.0 Å². The molecule has 0 aliphatic heterocycles. The van der Waals surface area contributed by atoms with Crippen LogP contribution >= 0.6 is 0 Å². The van der Waals surface area contributed by atoms with Crippen LogP contribution < -0.4 is 10.6 Å². The molecule has 8 heteroatoms. The Morgan fingerprint density at radius 3 is 2.38 bits per heavy atom. The fourth-order valence-electron chi connectivity index (χ4n) is 4.72. The van der Waals surface area contributed by atoms with Gasteiger partial charge in [-0.1, -0.05) is 36.4 Å². The summed E-state index contributed by atoms with van der Waals surface area (Å²) in [5, 5.41) is 21.2. The maximum Gasteiger partial charge on any atom is 0.255 e. The number of halogens is 1. The Hall–Kier alpha value is -4.85. The number of amides is 2. The van der Waals surface area contributed by atoms with E-state index in [-0.39, 0.29) is 22.9 Å². The zero-order valence-electron chi connectivity index (χ0n) is 21.6. The highest BCUT2D eigenvalue weighted by molar-refractivity contribution is 6.17. The number of benzene rings is 3. The molecule has 0 spiro atoms. The lowest BCUT2D eigenvalue weighted by Crippen LogP contribution is -2.34. The smallest absolute Gasteiger partial charge is 0.255 e. The van der Waals surface area contributed by atoms with Gasteiger partial charge in [0.2, 0.25) is 0 Å². The number of hydrogen-bond donors (Lipinski definition) is 4. The second-order valence-electron chi connectivity index (χ2n) is 9.62. The van der Waals surface area contributed by atoms with Gasteiger partial charge in [-0.25, -0.2) is 4.39 Å². The summed E-state index contributed by atoms with van der Waals surface area (Å²) in [6, 6.07) is 21.0. The van der Waals surface area contributed by atoms with Crippen LogP contribution in [0.25, 0.3) is 22.9 Å². The van der Waals surface area contributed by atoms with Gasteiger partial charge in [-0.05, 0) is 78.9 Å². The van der Waals surface area contributed by atoms with E-state index in [1.54, 1.807) is 30.3 Å². The number of rotatable bonds is 8. The molecule has 1 aliphatic carbocycles. The van der Waals surface area contributed by atoms with Gasteiger partial charge >= 0.3 is 0 Å². The number of aryl methyl sites for hydroxylation is 1. The van der Waals surface area contributed by atoms with Crippen LogP contribution in [0.15, 0.2) is 72.8 Å². The molecule has 0 radical (unpaired) electrons. The minimum absolute atomic E-state index is 0.187. The highest BCUT2D eigenvalue weighted by Crippen LogP contribution is 2.45. The first kappa shape index (κ1) is 25.8. The molecule has 4 aromatic rings. The molecule has 7 nitrogen and oxygen atoms in total. The number of carbonyl (C=O) groups is 2. The molecule has 0 bridgehead atoms. The topological polar surface area (TPSA) is 111 Å². The largest absolute Gasteiger partial charge is 0.355 e. The Labute approximate surface area is 225 Å². The van der Waals surface area contributed by atoms with Crippen LogP contribution in [0.1, 0.15) is 55.9 Å². The van der Waals surface area contributed by atoms with Gasteiger partial charge in [-0.15, -0.1) is 0 Å². The summed E-state index contributed by atoms with van der Waals surface area (Å²) in [6.07, 6.45) is 4.60. The van der Waals surface area contributed by atoms with E-state index in [0.717, 1.165) is 24.0 Å². The second kappa shape index (κ2) is 10.5. The van der Waals surface area contributed by atoms with E-state index in [4.69, 9.17) is 5.41 Å². The maximum absolute atomic E-state index is 13.5. The van der Waals surface area contributed by atoms with E-state index >= 15 is 0 Å². The lowest BCUT2D eigenvalue weighted by molar-refractivity contribution is 0.0928. The summed E-state index contributed by atoms with van der Waals surface area (Å²) in [7, 11) is 1.52. The number of carbonyl (C=O) groups excluding carboxylic acids is 2. The number of aromatic amines is 1. The van der Waals surface area contributed by atoms with Crippen molar-refractivity contribution < 1.29 is 14.0 Å². The van der Waals surface area contributed by atoms with Crippen molar-refractivity contribution in [3.63, 3.8) is 0 Å². The van der Waals surface area contributed by atoms with E-state index in [9.17, 15) is 14.0 Å². The van der Waals surface area contributed by atoms with Crippen LogP contribution in [-0.4, -0.2) is 35.3 Å². The third-order valence-corrected chi connectivity index (χ3v) is 7.06.